The van der Waals surface area contributed by atoms with E-state index in [1.165, 1.54) is 38.5 Å². The lowest BCUT2D eigenvalue weighted by Crippen LogP contribution is -1.73. The molecule has 1 rings (SSSR count). The van der Waals surface area contributed by atoms with E-state index in [2.05, 4.69) is 13.8 Å². The van der Waals surface area contributed by atoms with Crippen molar-refractivity contribution in [1.29, 1.82) is 0 Å². The van der Waals surface area contributed by atoms with Gasteiger partial charge in [0.1, 0.15) is 0 Å². The molecule has 0 atom stereocenters. The lowest BCUT2D eigenvalue weighted by molar-refractivity contribution is 0.624. The van der Waals surface area contributed by atoms with Gasteiger partial charge in [0.2, 0.25) is 0 Å². The minimum Gasteiger partial charge on any atom is -0.152 e. The Labute approximate surface area is 87.0 Å². The fraction of sp³-hybridized carbons (Fsp3) is 0.667. The average Bonchev–Trinajstić information content (AvgIpc) is 2.70. The van der Waals surface area contributed by atoms with Gasteiger partial charge in [-0.2, -0.15) is 11.3 Å². The molecule has 0 bridgehead atoms. The van der Waals surface area contributed by atoms with Gasteiger partial charge in [-0.3, -0.25) is 0 Å². The van der Waals surface area contributed by atoms with Crippen molar-refractivity contribution in [2.75, 3.05) is 0 Å². The predicted molar refractivity (Wildman–Crippen MR) is 63.4 cm³/mol. The van der Waals surface area contributed by atoms with Gasteiger partial charge in [-0.1, -0.05) is 64.5 Å². The summed E-state index contributed by atoms with van der Waals surface area (Å²) in [6.07, 6.45) is 8.49. The maximum absolute atomic E-state index is 2.26. The summed E-state index contributed by atoms with van der Waals surface area (Å²) in [6.45, 7) is 4.51. The van der Waals surface area contributed by atoms with Crippen LogP contribution in [0.2, 0.25) is 0 Å². The van der Waals surface area contributed by atoms with E-state index >= 15 is 0 Å². The molecule has 76 valence electrons. The molecule has 13 heavy (non-hydrogen) atoms. The third-order valence-corrected chi connectivity index (χ3v) is 2.51. The molecule has 0 unspecified atom stereocenters. The summed E-state index contributed by atoms with van der Waals surface area (Å²) < 4.78 is 0. The topological polar surface area (TPSA) is 0 Å². The normalized spacial score (nSPS) is 9.08. The second-order valence-corrected chi connectivity index (χ2v) is 4.02. The maximum Gasteiger partial charge on any atom is -0.00934 e. The van der Waals surface area contributed by atoms with Gasteiger partial charge in [-0.05, 0) is 10.8 Å². The van der Waals surface area contributed by atoms with Crippen molar-refractivity contribution >= 4 is 11.3 Å². The molecule has 0 spiro atoms. The van der Waals surface area contributed by atoms with Gasteiger partial charge in [0.15, 0.2) is 0 Å². The molecule has 0 saturated carbocycles. The molecule has 0 fully saturated rings. The largest absolute Gasteiger partial charge is 0.152 e. The summed E-state index contributed by atoms with van der Waals surface area (Å²) in [4.78, 5) is 0. The number of hydrogen-bond acceptors (Lipinski definition) is 1. The van der Waals surface area contributed by atoms with Gasteiger partial charge in [0, 0.05) is 0 Å². The summed E-state index contributed by atoms with van der Waals surface area (Å²) in [5, 5.41) is 4.08. The van der Waals surface area contributed by atoms with Crippen LogP contribution in [0.15, 0.2) is 22.9 Å². The Bertz CT molecular complexity index is 121. The van der Waals surface area contributed by atoms with Gasteiger partial charge < -0.3 is 0 Å². The lowest BCUT2D eigenvalue weighted by Gasteiger charge is -1.93. The smallest absolute Gasteiger partial charge is 0.00934 e. The minimum absolute atomic E-state index is 1.36. The van der Waals surface area contributed by atoms with E-state index in [0.717, 1.165) is 0 Å². The highest BCUT2D eigenvalue weighted by Gasteiger charge is 1.83. The first kappa shape index (κ1) is 12.7. The fourth-order valence-electron chi connectivity index (χ4n) is 1.08. The molecule has 1 aromatic heterocycles. The SMILES string of the molecule is CCCCCCCC.c1ccsc1. The summed E-state index contributed by atoms with van der Waals surface area (Å²) in [7, 11) is 0. The Morgan fingerprint density at radius 3 is 1.46 bits per heavy atom. The second-order valence-electron chi connectivity index (χ2n) is 3.21. The molecule has 0 nitrogen and oxygen atoms in total. The number of hydrogen-bond donors (Lipinski definition) is 0. The highest BCUT2D eigenvalue weighted by Crippen LogP contribution is 2.03. The lowest BCUT2D eigenvalue weighted by atomic mass is 10.1. The second kappa shape index (κ2) is 11.7. The first-order valence-corrected chi connectivity index (χ1v) is 6.33. The summed E-state index contributed by atoms with van der Waals surface area (Å²) >= 11 is 1.71. The molecule has 0 aliphatic heterocycles. The van der Waals surface area contributed by atoms with E-state index < -0.39 is 0 Å². The first-order chi connectivity index (χ1) is 6.41. The molecule has 1 heteroatoms. The Balaban J connectivity index is 0.000000243. The zero-order valence-corrected chi connectivity index (χ0v) is 9.78. The average molecular weight is 198 g/mol. The van der Waals surface area contributed by atoms with Crippen LogP contribution in [0.25, 0.3) is 0 Å². The molecule has 0 aromatic carbocycles. The molecule has 1 aromatic rings. The van der Waals surface area contributed by atoms with Crippen molar-refractivity contribution < 1.29 is 0 Å². The Kier molecular flexibility index (Phi) is 11.4. The zero-order chi connectivity index (χ0) is 9.78. The summed E-state index contributed by atoms with van der Waals surface area (Å²) in [6, 6.07) is 4.04. The number of thiophene rings is 1. The van der Waals surface area contributed by atoms with Gasteiger partial charge in [-0.15, -0.1) is 0 Å². The standard InChI is InChI=1S/C8H18.C4H4S/c1-3-5-7-8-6-4-2;1-2-4-5-3-1/h3-8H2,1-2H3;1-4H. The quantitative estimate of drug-likeness (QED) is 0.576. The highest BCUT2D eigenvalue weighted by molar-refractivity contribution is 7.07. The molecule has 1 heterocycles. The van der Waals surface area contributed by atoms with Crippen molar-refractivity contribution in [3.05, 3.63) is 22.9 Å². The van der Waals surface area contributed by atoms with Crippen LogP contribution < -0.4 is 0 Å². The van der Waals surface area contributed by atoms with Crippen molar-refractivity contribution in [2.24, 2.45) is 0 Å². The first-order valence-electron chi connectivity index (χ1n) is 5.39. The van der Waals surface area contributed by atoms with Crippen LogP contribution in [0.5, 0.6) is 0 Å². The van der Waals surface area contributed by atoms with Crippen LogP contribution in [0.1, 0.15) is 52.4 Å². The predicted octanol–water partition coefficient (Wildman–Crippen LogP) is 5.11. The zero-order valence-electron chi connectivity index (χ0n) is 8.96. The molecular formula is C12H22S. The van der Waals surface area contributed by atoms with E-state index in [1.807, 2.05) is 22.9 Å². The third kappa shape index (κ3) is 11.7. The van der Waals surface area contributed by atoms with E-state index in [4.69, 9.17) is 0 Å². The molecule has 0 amide bonds. The van der Waals surface area contributed by atoms with Crippen molar-refractivity contribution in [3.63, 3.8) is 0 Å². The van der Waals surface area contributed by atoms with Crippen molar-refractivity contribution in [3.8, 4) is 0 Å². The summed E-state index contributed by atoms with van der Waals surface area (Å²) in [5.41, 5.74) is 0. The Morgan fingerprint density at radius 1 is 0.769 bits per heavy atom. The van der Waals surface area contributed by atoms with E-state index in [0.29, 0.717) is 0 Å². The fourth-order valence-corrected chi connectivity index (χ4v) is 1.53. The van der Waals surface area contributed by atoms with Crippen LogP contribution in [-0.4, -0.2) is 0 Å². The van der Waals surface area contributed by atoms with Crippen LogP contribution in [0.4, 0.5) is 0 Å². The van der Waals surface area contributed by atoms with E-state index in [1.54, 1.807) is 11.3 Å². The van der Waals surface area contributed by atoms with Gasteiger partial charge in [0.25, 0.3) is 0 Å². The third-order valence-electron chi connectivity index (χ3n) is 1.88. The monoisotopic (exact) mass is 198 g/mol. The minimum atomic E-state index is 1.36. The van der Waals surface area contributed by atoms with Crippen molar-refractivity contribution in [2.45, 2.75) is 52.4 Å². The maximum atomic E-state index is 2.26. The Hall–Kier alpha value is -0.300. The van der Waals surface area contributed by atoms with Crippen molar-refractivity contribution in [1.82, 2.24) is 0 Å². The number of rotatable bonds is 5. The van der Waals surface area contributed by atoms with E-state index in [9.17, 15) is 0 Å². The van der Waals surface area contributed by atoms with Crippen LogP contribution in [0.3, 0.4) is 0 Å². The van der Waals surface area contributed by atoms with Crippen LogP contribution in [0, 0.1) is 0 Å². The van der Waals surface area contributed by atoms with Crippen LogP contribution >= 0.6 is 11.3 Å². The molecule has 0 aliphatic rings. The number of unbranched alkanes of at least 4 members (excludes halogenated alkanes) is 5. The Morgan fingerprint density at radius 2 is 1.23 bits per heavy atom. The highest BCUT2D eigenvalue weighted by atomic mass is 32.1. The van der Waals surface area contributed by atoms with Gasteiger partial charge >= 0.3 is 0 Å². The molecule has 0 aliphatic carbocycles. The molecule has 0 saturated heterocycles. The summed E-state index contributed by atoms with van der Waals surface area (Å²) in [5.74, 6) is 0. The van der Waals surface area contributed by atoms with Gasteiger partial charge in [-0.25, -0.2) is 0 Å². The van der Waals surface area contributed by atoms with E-state index in [-0.39, 0.29) is 0 Å². The van der Waals surface area contributed by atoms with Crippen LogP contribution in [-0.2, 0) is 0 Å². The molecular weight excluding hydrogens is 176 g/mol. The molecule has 0 radical (unpaired) electrons. The molecule has 0 N–H and O–H groups in total. The van der Waals surface area contributed by atoms with Gasteiger partial charge in [0.05, 0.1) is 0 Å².